The van der Waals surface area contributed by atoms with Gasteiger partial charge in [-0.25, -0.2) is 0 Å². The number of piperazine rings is 1. The lowest BCUT2D eigenvalue weighted by Gasteiger charge is -2.63. The van der Waals surface area contributed by atoms with E-state index in [2.05, 4.69) is 26.5 Å². The summed E-state index contributed by atoms with van der Waals surface area (Å²) in [4.78, 5) is 11.1. The molecule has 4 rings (SSSR count). The van der Waals surface area contributed by atoms with Gasteiger partial charge in [-0.15, -0.1) is 0 Å². The molecule has 0 unspecified atom stereocenters. The molecule has 0 radical (unpaired) electrons. The number of hydrogen-bond acceptors (Lipinski definition) is 4. The Morgan fingerprint density at radius 2 is 1.17 bits per heavy atom. The smallest absolute Gasteiger partial charge is 0.101 e. The van der Waals surface area contributed by atoms with E-state index in [-0.39, 0.29) is 5.66 Å². The largest absolute Gasteiger partial charge is 0.285 e. The molecule has 0 amide bonds. The van der Waals surface area contributed by atoms with Crippen LogP contribution in [0.25, 0.3) is 0 Å². The van der Waals surface area contributed by atoms with Crippen molar-refractivity contribution in [3.8, 4) is 0 Å². The third-order valence-corrected chi connectivity index (χ3v) is 5.74. The molecule has 0 aliphatic carbocycles. The second-order valence-corrected chi connectivity index (χ2v) is 6.57. The summed E-state index contributed by atoms with van der Waals surface area (Å²) in [7, 11) is 0. The minimum absolute atomic E-state index is 0.285. The molecule has 0 saturated carbocycles. The number of rotatable bonds is 0. The summed E-state index contributed by atoms with van der Waals surface area (Å²) in [6, 6.07) is 0. The lowest BCUT2D eigenvalue weighted by molar-refractivity contribution is -0.199. The van der Waals surface area contributed by atoms with E-state index >= 15 is 0 Å². The van der Waals surface area contributed by atoms with Crippen molar-refractivity contribution in [1.29, 1.82) is 0 Å². The van der Waals surface area contributed by atoms with Crippen molar-refractivity contribution in [2.75, 3.05) is 52.4 Å². The molecular weight excluding hydrogens is 224 g/mol. The Balaban J connectivity index is 1.76. The molecule has 4 fully saturated rings. The van der Waals surface area contributed by atoms with Crippen LogP contribution in [-0.2, 0) is 0 Å². The first-order valence-electron chi connectivity index (χ1n) is 7.78. The van der Waals surface area contributed by atoms with Crippen LogP contribution >= 0.6 is 0 Å². The van der Waals surface area contributed by atoms with Crippen LogP contribution in [0.15, 0.2) is 0 Å². The van der Waals surface area contributed by atoms with E-state index in [9.17, 15) is 0 Å². The molecule has 0 aromatic heterocycles. The van der Waals surface area contributed by atoms with Gasteiger partial charge in [-0.2, -0.15) is 0 Å². The van der Waals surface area contributed by atoms with E-state index in [1.54, 1.807) is 0 Å². The summed E-state index contributed by atoms with van der Waals surface area (Å²) in [5.41, 5.74) is 0.285. The van der Waals surface area contributed by atoms with Gasteiger partial charge in [-0.3, -0.25) is 19.6 Å². The SMILES string of the molecule is C[C@@]12[C@H]3N4CCCN3CCN1CCCN2CCC4. The van der Waals surface area contributed by atoms with Gasteiger partial charge in [-0.1, -0.05) is 0 Å². The molecule has 4 heterocycles. The molecule has 4 aliphatic heterocycles. The van der Waals surface area contributed by atoms with Crippen molar-refractivity contribution in [3.05, 3.63) is 0 Å². The standard InChI is InChI=1S/C14H26N4/c1-14-13-15-5-2-6-16(13)11-12-18(14)10-4-9-17(14)8-3-7-15/h13H,2-12H2,1H3/t13-,14-/m0/s1. The molecule has 0 aromatic rings. The Bertz CT molecular complexity index is 334. The first-order chi connectivity index (χ1) is 8.80. The minimum atomic E-state index is 0.285. The van der Waals surface area contributed by atoms with Crippen LogP contribution in [0.2, 0.25) is 0 Å². The van der Waals surface area contributed by atoms with Gasteiger partial charge in [0.05, 0.1) is 6.17 Å². The minimum Gasteiger partial charge on any atom is -0.285 e. The van der Waals surface area contributed by atoms with Gasteiger partial charge in [0.25, 0.3) is 0 Å². The summed E-state index contributed by atoms with van der Waals surface area (Å²) in [5.74, 6) is 0. The summed E-state index contributed by atoms with van der Waals surface area (Å²) in [6.45, 7) is 12.9. The Morgan fingerprint density at radius 1 is 0.667 bits per heavy atom. The van der Waals surface area contributed by atoms with E-state index in [1.807, 2.05) is 0 Å². The van der Waals surface area contributed by atoms with E-state index in [4.69, 9.17) is 0 Å². The van der Waals surface area contributed by atoms with Crippen LogP contribution in [0.1, 0.15) is 26.2 Å². The van der Waals surface area contributed by atoms with Crippen LogP contribution in [0.5, 0.6) is 0 Å². The summed E-state index contributed by atoms with van der Waals surface area (Å²) >= 11 is 0. The van der Waals surface area contributed by atoms with Gasteiger partial charge in [0.15, 0.2) is 0 Å². The third kappa shape index (κ3) is 1.46. The second kappa shape index (κ2) is 4.17. The van der Waals surface area contributed by atoms with Crippen molar-refractivity contribution >= 4 is 0 Å². The molecular formula is C14H26N4. The quantitative estimate of drug-likeness (QED) is 0.619. The van der Waals surface area contributed by atoms with Gasteiger partial charge in [0, 0.05) is 52.4 Å². The molecule has 0 spiro atoms. The van der Waals surface area contributed by atoms with Gasteiger partial charge in [-0.05, 0) is 26.2 Å². The zero-order chi connectivity index (χ0) is 12.2. The maximum absolute atomic E-state index is 2.79. The molecule has 4 saturated heterocycles. The fraction of sp³-hybridized carbons (Fsp3) is 1.00. The van der Waals surface area contributed by atoms with E-state index in [1.165, 1.54) is 71.6 Å². The molecule has 2 atom stereocenters. The van der Waals surface area contributed by atoms with E-state index in [0.717, 1.165) is 0 Å². The molecule has 0 N–H and O–H groups in total. The molecule has 4 nitrogen and oxygen atoms in total. The topological polar surface area (TPSA) is 13.0 Å². The Kier molecular flexibility index (Phi) is 2.70. The van der Waals surface area contributed by atoms with Crippen molar-refractivity contribution in [3.63, 3.8) is 0 Å². The maximum atomic E-state index is 2.79. The van der Waals surface area contributed by atoms with Crippen molar-refractivity contribution in [2.24, 2.45) is 0 Å². The van der Waals surface area contributed by atoms with Crippen molar-refractivity contribution in [2.45, 2.75) is 38.0 Å². The lowest BCUT2D eigenvalue weighted by atomic mass is 9.93. The summed E-state index contributed by atoms with van der Waals surface area (Å²) in [5, 5.41) is 0. The van der Waals surface area contributed by atoms with Crippen LogP contribution in [0.3, 0.4) is 0 Å². The van der Waals surface area contributed by atoms with Crippen LogP contribution < -0.4 is 0 Å². The average Bonchev–Trinajstić information content (AvgIpc) is 2.53. The molecule has 0 aromatic carbocycles. The van der Waals surface area contributed by atoms with Gasteiger partial charge < -0.3 is 0 Å². The van der Waals surface area contributed by atoms with Gasteiger partial charge in [0.1, 0.15) is 5.66 Å². The fourth-order valence-electron chi connectivity index (χ4n) is 4.93. The molecule has 4 aliphatic rings. The zero-order valence-corrected chi connectivity index (χ0v) is 11.6. The average molecular weight is 250 g/mol. The monoisotopic (exact) mass is 250 g/mol. The summed E-state index contributed by atoms with van der Waals surface area (Å²) < 4.78 is 0. The Labute approximate surface area is 110 Å². The normalized spacial score (nSPS) is 43.5. The summed E-state index contributed by atoms with van der Waals surface area (Å²) in [6.07, 6.45) is 4.74. The van der Waals surface area contributed by atoms with E-state index in [0.29, 0.717) is 6.17 Å². The van der Waals surface area contributed by atoms with E-state index < -0.39 is 0 Å². The molecule has 18 heavy (non-hydrogen) atoms. The lowest BCUT2D eigenvalue weighted by Crippen LogP contribution is -2.79. The highest BCUT2D eigenvalue weighted by Gasteiger charge is 2.55. The highest BCUT2D eigenvalue weighted by atomic mass is 15.6. The van der Waals surface area contributed by atoms with Gasteiger partial charge in [0.2, 0.25) is 0 Å². The first kappa shape index (κ1) is 11.6. The van der Waals surface area contributed by atoms with Gasteiger partial charge >= 0.3 is 0 Å². The zero-order valence-electron chi connectivity index (χ0n) is 11.6. The second-order valence-electron chi connectivity index (χ2n) is 6.57. The predicted molar refractivity (Wildman–Crippen MR) is 72.3 cm³/mol. The van der Waals surface area contributed by atoms with Crippen LogP contribution in [-0.4, -0.2) is 83.8 Å². The van der Waals surface area contributed by atoms with Crippen molar-refractivity contribution < 1.29 is 0 Å². The number of hydrogen-bond donors (Lipinski definition) is 0. The highest BCUT2D eigenvalue weighted by molar-refractivity contribution is 5.06. The van der Waals surface area contributed by atoms with Crippen LogP contribution in [0, 0.1) is 0 Å². The maximum Gasteiger partial charge on any atom is 0.101 e. The molecule has 4 heteroatoms. The predicted octanol–water partition coefficient (Wildman–Crippen LogP) is 0.461. The number of nitrogens with zero attached hydrogens (tertiary/aromatic N) is 4. The van der Waals surface area contributed by atoms with Crippen LogP contribution in [0.4, 0.5) is 0 Å². The molecule has 0 bridgehead atoms. The Morgan fingerprint density at radius 3 is 1.89 bits per heavy atom. The molecule has 102 valence electrons. The fourth-order valence-corrected chi connectivity index (χ4v) is 4.93. The Hall–Kier alpha value is -0.160. The highest BCUT2D eigenvalue weighted by Crippen LogP contribution is 2.39. The van der Waals surface area contributed by atoms with Crippen molar-refractivity contribution in [1.82, 2.24) is 19.6 Å². The first-order valence-corrected chi connectivity index (χ1v) is 7.78. The third-order valence-electron chi connectivity index (χ3n) is 5.74.